The molecule has 0 spiro atoms. The first-order valence-electron chi connectivity index (χ1n) is 9.27. The number of carbonyl (C=O) groups excluding carboxylic acids is 1. The molecule has 0 bridgehead atoms. The van der Waals surface area contributed by atoms with E-state index in [1.807, 2.05) is 0 Å². The van der Waals surface area contributed by atoms with Crippen LogP contribution in [0.1, 0.15) is 56.3 Å². The molecule has 2 fully saturated rings. The molecule has 6 heteroatoms. The van der Waals surface area contributed by atoms with Crippen molar-refractivity contribution in [2.45, 2.75) is 56.9 Å². The largest absolute Gasteiger partial charge is 0.349 e. The van der Waals surface area contributed by atoms with Gasteiger partial charge >= 0.3 is 0 Å². The van der Waals surface area contributed by atoms with Crippen molar-refractivity contribution in [2.75, 3.05) is 13.1 Å². The van der Waals surface area contributed by atoms with Crippen molar-refractivity contribution in [3.05, 3.63) is 29.8 Å². The van der Waals surface area contributed by atoms with Gasteiger partial charge in [-0.1, -0.05) is 32.8 Å². The molecular formula is C19H28N2O3S. The summed E-state index contributed by atoms with van der Waals surface area (Å²) in [5, 5.41) is 3.02. The van der Waals surface area contributed by atoms with Gasteiger partial charge in [0.05, 0.1) is 4.90 Å². The molecule has 3 rings (SSSR count). The molecule has 1 aromatic rings. The summed E-state index contributed by atoms with van der Waals surface area (Å²) < 4.78 is 27.6. The molecule has 1 aromatic carbocycles. The summed E-state index contributed by atoms with van der Waals surface area (Å²) in [7, 11) is -3.56. The second-order valence-corrected chi connectivity index (χ2v) is 9.69. The first-order valence-corrected chi connectivity index (χ1v) is 10.7. The van der Waals surface area contributed by atoms with Gasteiger partial charge in [-0.25, -0.2) is 8.42 Å². The van der Waals surface area contributed by atoms with Crippen molar-refractivity contribution in [2.24, 2.45) is 11.8 Å². The fourth-order valence-electron chi connectivity index (χ4n) is 4.09. The van der Waals surface area contributed by atoms with Crippen LogP contribution < -0.4 is 5.32 Å². The number of hydrogen-bond acceptors (Lipinski definition) is 3. The molecule has 1 heterocycles. The number of amides is 1. The van der Waals surface area contributed by atoms with E-state index in [1.165, 1.54) is 6.07 Å². The van der Waals surface area contributed by atoms with E-state index in [0.29, 0.717) is 30.5 Å². The summed E-state index contributed by atoms with van der Waals surface area (Å²) in [6, 6.07) is 6.67. The van der Waals surface area contributed by atoms with Crippen LogP contribution in [0.25, 0.3) is 0 Å². The summed E-state index contributed by atoms with van der Waals surface area (Å²) in [5.41, 5.74) is 0.422. The quantitative estimate of drug-likeness (QED) is 0.893. The second kappa shape index (κ2) is 7.46. The minimum Gasteiger partial charge on any atom is -0.349 e. The standard InChI is InChI=1S/C19H28N2O3S/c1-14-10-15(2)13-21(12-14)25(23,24)18-9-5-6-16(11-18)19(22)20-17-7-3-4-8-17/h5-6,9,11,14-15,17H,3-4,7-8,10,12-13H2,1-2H3,(H,20,22). The van der Waals surface area contributed by atoms with E-state index in [-0.39, 0.29) is 16.8 Å². The highest BCUT2D eigenvalue weighted by molar-refractivity contribution is 7.89. The van der Waals surface area contributed by atoms with Crippen molar-refractivity contribution in [1.82, 2.24) is 9.62 Å². The topological polar surface area (TPSA) is 66.5 Å². The molecule has 2 atom stereocenters. The molecule has 1 N–H and O–H groups in total. The van der Waals surface area contributed by atoms with Gasteiger partial charge in [-0.15, -0.1) is 0 Å². The van der Waals surface area contributed by atoms with Gasteiger partial charge in [0.1, 0.15) is 0 Å². The van der Waals surface area contributed by atoms with Gasteiger partial charge in [-0.05, 0) is 49.3 Å². The summed E-state index contributed by atoms with van der Waals surface area (Å²) in [6.45, 7) is 5.27. The van der Waals surface area contributed by atoms with Crippen LogP contribution in [-0.2, 0) is 10.0 Å². The SMILES string of the molecule is CC1CC(C)CN(S(=O)(=O)c2cccc(C(=O)NC3CCCC3)c2)C1. The maximum absolute atomic E-state index is 13.0. The molecule has 0 radical (unpaired) electrons. The van der Waals surface area contributed by atoms with Crippen LogP contribution >= 0.6 is 0 Å². The van der Waals surface area contributed by atoms with Gasteiger partial charge in [-0.2, -0.15) is 4.31 Å². The monoisotopic (exact) mass is 364 g/mol. The third-order valence-electron chi connectivity index (χ3n) is 5.26. The molecular weight excluding hydrogens is 336 g/mol. The van der Waals surface area contributed by atoms with E-state index < -0.39 is 10.0 Å². The lowest BCUT2D eigenvalue weighted by Gasteiger charge is -2.34. The first kappa shape index (κ1) is 18.4. The zero-order valence-corrected chi connectivity index (χ0v) is 15.9. The Balaban J connectivity index is 1.78. The molecule has 1 aliphatic carbocycles. The minimum atomic E-state index is -3.56. The Morgan fingerprint density at radius 3 is 2.40 bits per heavy atom. The average molecular weight is 365 g/mol. The van der Waals surface area contributed by atoms with Crippen molar-refractivity contribution in [1.29, 1.82) is 0 Å². The van der Waals surface area contributed by atoms with E-state index in [4.69, 9.17) is 0 Å². The summed E-state index contributed by atoms with van der Waals surface area (Å²) in [5.74, 6) is 0.532. The van der Waals surface area contributed by atoms with Gasteiger partial charge in [0.2, 0.25) is 10.0 Å². The molecule has 1 amide bonds. The van der Waals surface area contributed by atoms with E-state index >= 15 is 0 Å². The number of sulfonamides is 1. The van der Waals surface area contributed by atoms with Gasteiger partial charge in [0.15, 0.2) is 0 Å². The molecule has 2 aliphatic rings. The Kier molecular flexibility index (Phi) is 5.49. The fraction of sp³-hybridized carbons (Fsp3) is 0.632. The Morgan fingerprint density at radius 2 is 1.76 bits per heavy atom. The van der Waals surface area contributed by atoms with Gasteiger partial charge in [-0.3, -0.25) is 4.79 Å². The van der Waals surface area contributed by atoms with Crippen LogP contribution in [0.4, 0.5) is 0 Å². The van der Waals surface area contributed by atoms with Crippen LogP contribution in [0.5, 0.6) is 0 Å². The zero-order valence-electron chi connectivity index (χ0n) is 15.1. The van der Waals surface area contributed by atoms with E-state index in [1.54, 1.807) is 22.5 Å². The number of benzene rings is 1. The maximum Gasteiger partial charge on any atom is 0.251 e. The molecule has 1 saturated heterocycles. The lowest BCUT2D eigenvalue weighted by molar-refractivity contribution is 0.0937. The van der Waals surface area contributed by atoms with Crippen molar-refractivity contribution >= 4 is 15.9 Å². The number of hydrogen-bond donors (Lipinski definition) is 1. The number of rotatable bonds is 4. The molecule has 0 aromatic heterocycles. The molecule has 1 saturated carbocycles. The summed E-state index contributed by atoms with van der Waals surface area (Å²) in [4.78, 5) is 12.7. The predicted molar refractivity (Wildman–Crippen MR) is 97.9 cm³/mol. The minimum absolute atomic E-state index is 0.177. The molecule has 25 heavy (non-hydrogen) atoms. The number of piperidine rings is 1. The molecule has 2 unspecified atom stereocenters. The zero-order chi connectivity index (χ0) is 18.0. The Hall–Kier alpha value is -1.40. The molecule has 138 valence electrons. The maximum atomic E-state index is 13.0. The third kappa shape index (κ3) is 4.23. The number of nitrogens with zero attached hydrogens (tertiary/aromatic N) is 1. The highest BCUT2D eigenvalue weighted by Crippen LogP contribution is 2.27. The summed E-state index contributed by atoms with van der Waals surface area (Å²) in [6.07, 6.45) is 5.35. The summed E-state index contributed by atoms with van der Waals surface area (Å²) >= 11 is 0. The highest BCUT2D eigenvalue weighted by atomic mass is 32.2. The van der Waals surface area contributed by atoms with Gasteiger partial charge in [0, 0.05) is 24.7 Å². The number of carbonyl (C=O) groups is 1. The van der Waals surface area contributed by atoms with E-state index in [9.17, 15) is 13.2 Å². The van der Waals surface area contributed by atoms with E-state index in [0.717, 1.165) is 32.1 Å². The highest BCUT2D eigenvalue weighted by Gasteiger charge is 2.32. The lowest BCUT2D eigenvalue weighted by atomic mass is 9.94. The van der Waals surface area contributed by atoms with Gasteiger partial charge < -0.3 is 5.32 Å². The third-order valence-corrected chi connectivity index (χ3v) is 7.09. The van der Waals surface area contributed by atoms with Crippen molar-refractivity contribution in [3.8, 4) is 0 Å². The van der Waals surface area contributed by atoms with Crippen LogP contribution in [0.2, 0.25) is 0 Å². The van der Waals surface area contributed by atoms with Crippen molar-refractivity contribution in [3.63, 3.8) is 0 Å². The smallest absolute Gasteiger partial charge is 0.251 e. The average Bonchev–Trinajstić information content (AvgIpc) is 3.07. The predicted octanol–water partition coefficient (Wildman–Crippen LogP) is 3.03. The van der Waals surface area contributed by atoms with Crippen molar-refractivity contribution < 1.29 is 13.2 Å². The number of nitrogens with one attached hydrogen (secondary N) is 1. The second-order valence-electron chi connectivity index (χ2n) is 7.75. The van der Waals surface area contributed by atoms with Gasteiger partial charge in [0.25, 0.3) is 5.91 Å². The Labute approximate surface area is 150 Å². The van der Waals surface area contributed by atoms with Crippen LogP contribution in [0, 0.1) is 11.8 Å². The van der Waals surface area contributed by atoms with Crippen LogP contribution in [-0.4, -0.2) is 37.8 Å². The van der Waals surface area contributed by atoms with E-state index in [2.05, 4.69) is 19.2 Å². The Morgan fingerprint density at radius 1 is 1.12 bits per heavy atom. The van der Waals surface area contributed by atoms with Crippen LogP contribution in [0.3, 0.4) is 0 Å². The molecule has 1 aliphatic heterocycles. The van der Waals surface area contributed by atoms with Crippen LogP contribution in [0.15, 0.2) is 29.2 Å². The Bertz CT molecular complexity index is 716. The lowest BCUT2D eigenvalue weighted by Crippen LogP contribution is -2.42. The molecule has 5 nitrogen and oxygen atoms in total. The fourth-order valence-corrected chi connectivity index (χ4v) is 5.81. The normalized spacial score (nSPS) is 25.8. The first-order chi connectivity index (χ1) is 11.9.